The summed E-state index contributed by atoms with van der Waals surface area (Å²) < 4.78 is 1.82. The average molecular weight is 484 g/mol. The molecule has 142 valence electrons. The number of rotatable bonds is 5. The lowest BCUT2D eigenvalue weighted by molar-refractivity contribution is -0.116. The second-order valence-corrected chi connectivity index (χ2v) is 10.7. The van der Waals surface area contributed by atoms with Crippen LogP contribution in [0.2, 0.25) is 0 Å². The van der Waals surface area contributed by atoms with Gasteiger partial charge in [-0.2, -0.15) is 0 Å². The van der Waals surface area contributed by atoms with E-state index in [1.807, 2.05) is 19.1 Å². The van der Waals surface area contributed by atoms with Crippen LogP contribution < -0.4 is 10.6 Å². The van der Waals surface area contributed by atoms with Crippen LogP contribution in [0.15, 0.2) is 21.1 Å². The SMILES string of the molecule is Cc1cc(Br)c(NC(=O)CNC(C)C23CC4CC(CC(C4)C2)C3)c(Br)c1. The molecule has 5 heteroatoms. The minimum absolute atomic E-state index is 0.0202. The number of nitrogens with one attached hydrogen (secondary N) is 2. The Kier molecular flexibility index (Phi) is 5.26. The zero-order valence-electron chi connectivity index (χ0n) is 15.6. The zero-order valence-corrected chi connectivity index (χ0v) is 18.8. The Hall–Kier alpha value is -0.390. The van der Waals surface area contributed by atoms with E-state index in [2.05, 4.69) is 49.4 Å². The second kappa shape index (κ2) is 7.21. The van der Waals surface area contributed by atoms with E-state index < -0.39 is 0 Å². The van der Waals surface area contributed by atoms with Gasteiger partial charge < -0.3 is 10.6 Å². The highest BCUT2D eigenvalue weighted by atomic mass is 79.9. The fourth-order valence-corrected chi connectivity index (χ4v) is 7.79. The van der Waals surface area contributed by atoms with Crippen LogP contribution in [0, 0.1) is 30.1 Å². The quantitative estimate of drug-likeness (QED) is 0.567. The molecule has 1 aromatic carbocycles. The van der Waals surface area contributed by atoms with Gasteiger partial charge in [0, 0.05) is 15.0 Å². The van der Waals surface area contributed by atoms with Gasteiger partial charge in [0.25, 0.3) is 0 Å². The second-order valence-electron chi connectivity index (χ2n) is 9.03. The van der Waals surface area contributed by atoms with Gasteiger partial charge in [-0.1, -0.05) is 0 Å². The van der Waals surface area contributed by atoms with Crippen molar-refractivity contribution in [2.24, 2.45) is 23.2 Å². The first kappa shape index (κ1) is 18.9. The minimum Gasteiger partial charge on any atom is -0.323 e. The number of amides is 1. The molecule has 1 unspecified atom stereocenters. The van der Waals surface area contributed by atoms with Crippen molar-refractivity contribution in [2.75, 3.05) is 11.9 Å². The van der Waals surface area contributed by atoms with E-state index in [1.165, 1.54) is 38.5 Å². The molecule has 0 saturated heterocycles. The van der Waals surface area contributed by atoms with Crippen LogP contribution in [0.25, 0.3) is 0 Å². The molecule has 5 rings (SSSR count). The number of carbonyl (C=O) groups is 1. The zero-order chi connectivity index (χ0) is 18.5. The molecule has 1 atom stereocenters. The van der Waals surface area contributed by atoms with Crippen LogP contribution in [-0.2, 0) is 4.79 Å². The molecule has 4 aliphatic carbocycles. The fraction of sp³-hybridized carbons (Fsp3) is 0.667. The Morgan fingerprint density at radius 2 is 1.62 bits per heavy atom. The van der Waals surface area contributed by atoms with Crippen LogP contribution in [-0.4, -0.2) is 18.5 Å². The molecule has 3 nitrogen and oxygen atoms in total. The van der Waals surface area contributed by atoms with Crippen molar-refractivity contribution in [3.8, 4) is 0 Å². The van der Waals surface area contributed by atoms with Crippen LogP contribution >= 0.6 is 31.9 Å². The maximum Gasteiger partial charge on any atom is 0.238 e. The number of anilines is 1. The Balaban J connectivity index is 1.36. The normalized spacial score (nSPS) is 33.3. The van der Waals surface area contributed by atoms with Crippen LogP contribution in [0.1, 0.15) is 51.0 Å². The summed E-state index contributed by atoms with van der Waals surface area (Å²) >= 11 is 7.10. The molecule has 0 aromatic heterocycles. The summed E-state index contributed by atoms with van der Waals surface area (Å²) in [6, 6.07) is 4.45. The first-order valence-electron chi connectivity index (χ1n) is 9.83. The monoisotopic (exact) mass is 482 g/mol. The molecular formula is C21H28Br2N2O. The maximum atomic E-state index is 12.5. The Morgan fingerprint density at radius 3 is 2.12 bits per heavy atom. The van der Waals surface area contributed by atoms with E-state index in [0.29, 0.717) is 18.0 Å². The van der Waals surface area contributed by atoms with Crippen LogP contribution in [0.4, 0.5) is 5.69 Å². The van der Waals surface area contributed by atoms with Gasteiger partial charge >= 0.3 is 0 Å². The highest BCUT2D eigenvalue weighted by Gasteiger charge is 2.52. The molecule has 2 N–H and O–H groups in total. The Bertz CT molecular complexity index is 660. The van der Waals surface area contributed by atoms with E-state index >= 15 is 0 Å². The number of carbonyl (C=O) groups excluding carboxylic acids is 1. The standard InChI is InChI=1S/C21H28Br2N2O/c1-12-3-17(22)20(18(23)4-12)25-19(26)11-24-13(2)21-8-14-5-15(9-21)7-16(6-14)10-21/h3-4,13-16,24H,5-11H2,1-2H3,(H,25,26). The Labute approximate surface area is 173 Å². The smallest absolute Gasteiger partial charge is 0.238 e. The highest BCUT2D eigenvalue weighted by molar-refractivity contribution is 9.11. The number of aryl methyl sites for hydroxylation is 1. The van der Waals surface area contributed by atoms with Crippen molar-refractivity contribution in [2.45, 2.75) is 58.4 Å². The molecule has 1 aromatic rings. The number of hydrogen-bond acceptors (Lipinski definition) is 2. The minimum atomic E-state index is 0.0202. The van der Waals surface area contributed by atoms with Crippen LogP contribution in [0.5, 0.6) is 0 Å². The average Bonchev–Trinajstić information content (AvgIpc) is 2.54. The summed E-state index contributed by atoms with van der Waals surface area (Å²) in [4.78, 5) is 12.5. The summed E-state index contributed by atoms with van der Waals surface area (Å²) in [5.41, 5.74) is 2.39. The van der Waals surface area contributed by atoms with Gasteiger partial charge in [0.2, 0.25) is 5.91 Å². The molecule has 4 saturated carbocycles. The van der Waals surface area contributed by atoms with Crippen molar-refractivity contribution in [1.82, 2.24) is 5.32 Å². The molecule has 4 aliphatic rings. The van der Waals surface area contributed by atoms with E-state index in [9.17, 15) is 4.79 Å². The summed E-state index contributed by atoms with van der Waals surface area (Å²) in [7, 11) is 0. The van der Waals surface area contributed by atoms with E-state index in [1.54, 1.807) is 0 Å². The topological polar surface area (TPSA) is 41.1 Å². The van der Waals surface area contributed by atoms with Gasteiger partial charge in [0.15, 0.2) is 0 Å². The predicted molar refractivity (Wildman–Crippen MR) is 113 cm³/mol. The summed E-state index contributed by atoms with van der Waals surface area (Å²) in [6.45, 7) is 4.71. The highest BCUT2D eigenvalue weighted by Crippen LogP contribution is 2.61. The summed E-state index contributed by atoms with van der Waals surface area (Å²) in [6.07, 6.45) is 8.48. The van der Waals surface area contributed by atoms with Crippen molar-refractivity contribution < 1.29 is 4.79 Å². The largest absolute Gasteiger partial charge is 0.323 e. The number of benzene rings is 1. The lowest BCUT2D eigenvalue weighted by Gasteiger charge is -2.59. The van der Waals surface area contributed by atoms with Crippen LogP contribution in [0.3, 0.4) is 0 Å². The van der Waals surface area contributed by atoms with Gasteiger partial charge in [-0.15, -0.1) is 0 Å². The van der Waals surface area contributed by atoms with E-state index in [0.717, 1.165) is 37.9 Å². The molecule has 1 amide bonds. The predicted octanol–water partition coefficient (Wildman–Crippen LogP) is 5.65. The van der Waals surface area contributed by atoms with Gasteiger partial charge in [-0.3, -0.25) is 4.79 Å². The lowest BCUT2D eigenvalue weighted by Crippen LogP contribution is -2.55. The van der Waals surface area contributed by atoms with Crippen molar-refractivity contribution in [1.29, 1.82) is 0 Å². The molecular weight excluding hydrogens is 456 g/mol. The summed E-state index contributed by atoms with van der Waals surface area (Å²) in [5, 5.41) is 6.61. The number of halogens is 2. The van der Waals surface area contributed by atoms with Crippen molar-refractivity contribution in [3.05, 3.63) is 26.6 Å². The van der Waals surface area contributed by atoms with Gasteiger partial charge in [-0.25, -0.2) is 0 Å². The third kappa shape index (κ3) is 3.64. The fourth-order valence-electron chi connectivity index (χ4n) is 6.17. The first-order chi connectivity index (χ1) is 12.3. The summed E-state index contributed by atoms with van der Waals surface area (Å²) in [5.74, 6) is 2.85. The molecule has 0 spiro atoms. The molecule has 0 heterocycles. The lowest BCUT2D eigenvalue weighted by atomic mass is 9.48. The molecule has 4 bridgehead atoms. The molecule has 26 heavy (non-hydrogen) atoms. The third-order valence-corrected chi connectivity index (χ3v) is 8.27. The molecule has 0 aliphatic heterocycles. The van der Waals surface area contributed by atoms with Crippen molar-refractivity contribution >= 4 is 43.5 Å². The third-order valence-electron chi connectivity index (χ3n) is 7.02. The van der Waals surface area contributed by atoms with Gasteiger partial charge in [-0.05, 0) is 125 Å². The number of hydrogen-bond donors (Lipinski definition) is 2. The Morgan fingerprint density at radius 1 is 1.12 bits per heavy atom. The van der Waals surface area contributed by atoms with Gasteiger partial charge in [0.1, 0.15) is 0 Å². The van der Waals surface area contributed by atoms with E-state index in [-0.39, 0.29) is 5.91 Å². The molecule has 0 radical (unpaired) electrons. The van der Waals surface area contributed by atoms with Gasteiger partial charge in [0.05, 0.1) is 12.2 Å². The molecule has 4 fully saturated rings. The van der Waals surface area contributed by atoms with E-state index in [4.69, 9.17) is 0 Å². The first-order valence-corrected chi connectivity index (χ1v) is 11.4. The maximum absolute atomic E-state index is 12.5. The van der Waals surface area contributed by atoms with Crippen molar-refractivity contribution in [3.63, 3.8) is 0 Å².